The highest BCUT2D eigenvalue weighted by molar-refractivity contribution is 5.15. The van der Waals surface area contributed by atoms with E-state index in [4.69, 9.17) is 5.73 Å². The summed E-state index contributed by atoms with van der Waals surface area (Å²) in [5, 5.41) is 0. The van der Waals surface area contributed by atoms with Crippen molar-refractivity contribution in [2.45, 2.75) is 12.6 Å². The van der Waals surface area contributed by atoms with E-state index in [0.29, 0.717) is 6.54 Å². The minimum absolute atomic E-state index is 0.119. The zero-order valence-corrected chi connectivity index (χ0v) is 10.5. The summed E-state index contributed by atoms with van der Waals surface area (Å²) >= 11 is 0. The smallest absolute Gasteiger partial charge is 0.115 e. The zero-order valence-electron chi connectivity index (χ0n) is 10.5. The summed E-state index contributed by atoms with van der Waals surface area (Å²) in [4.78, 5) is 10.4. The van der Waals surface area contributed by atoms with E-state index in [1.54, 1.807) is 12.5 Å². The highest BCUT2D eigenvalue weighted by Crippen LogP contribution is 2.17. The lowest BCUT2D eigenvalue weighted by Crippen LogP contribution is -2.30. The van der Waals surface area contributed by atoms with E-state index in [0.717, 1.165) is 12.2 Å². The van der Waals surface area contributed by atoms with Crippen molar-refractivity contribution in [2.75, 3.05) is 13.6 Å². The molecule has 94 valence electrons. The molecule has 4 nitrogen and oxygen atoms in total. The number of likely N-dealkylation sites (N-methyl/N-ethyl adjacent to an activating group) is 1. The maximum Gasteiger partial charge on any atom is 0.115 e. The first kappa shape index (κ1) is 12.7. The fourth-order valence-electron chi connectivity index (χ4n) is 2.01. The molecule has 1 unspecified atom stereocenters. The van der Waals surface area contributed by atoms with Gasteiger partial charge in [0.25, 0.3) is 0 Å². The van der Waals surface area contributed by atoms with Crippen LogP contribution in [-0.2, 0) is 6.54 Å². The molecule has 1 heterocycles. The van der Waals surface area contributed by atoms with Crippen LogP contribution in [0.3, 0.4) is 0 Å². The Morgan fingerprint density at radius 3 is 2.61 bits per heavy atom. The topological polar surface area (TPSA) is 55.0 Å². The highest BCUT2D eigenvalue weighted by Gasteiger charge is 2.16. The number of nitrogens with zero attached hydrogens (tertiary/aromatic N) is 3. The summed E-state index contributed by atoms with van der Waals surface area (Å²) < 4.78 is 0. The lowest BCUT2D eigenvalue weighted by Gasteiger charge is -2.26. The Morgan fingerprint density at radius 1 is 1.22 bits per heavy atom. The summed E-state index contributed by atoms with van der Waals surface area (Å²) in [7, 11) is 2.06. The predicted molar refractivity (Wildman–Crippen MR) is 71.7 cm³/mol. The number of rotatable bonds is 5. The molecule has 18 heavy (non-hydrogen) atoms. The molecule has 1 aromatic carbocycles. The minimum Gasteiger partial charge on any atom is -0.329 e. The van der Waals surface area contributed by atoms with E-state index < -0.39 is 0 Å². The largest absolute Gasteiger partial charge is 0.329 e. The average Bonchev–Trinajstić information content (AvgIpc) is 2.42. The first-order valence-corrected chi connectivity index (χ1v) is 6.01. The van der Waals surface area contributed by atoms with Gasteiger partial charge in [0.1, 0.15) is 6.33 Å². The Balaban J connectivity index is 2.09. The van der Waals surface area contributed by atoms with Gasteiger partial charge in [-0.1, -0.05) is 30.3 Å². The molecule has 4 heteroatoms. The third-order valence-corrected chi connectivity index (χ3v) is 2.98. The normalized spacial score (nSPS) is 12.6. The Hall–Kier alpha value is -1.78. The molecule has 2 aromatic rings. The number of aromatic nitrogens is 2. The fourth-order valence-corrected chi connectivity index (χ4v) is 2.01. The van der Waals surface area contributed by atoms with E-state index in [1.165, 1.54) is 5.56 Å². The van der Waals surface area contributed by atoms with Crippen molar-refractivity contribution in [3.8, 4) is 0 Å². The van der Waals surface area contributed by atoms with Crippen LogP contribution in [0.15, 0.2) is 48.9 Å². The Labute approximate surface area is 107 Å². The molecule has 1 aromatic heterocycles. The van der Waals surface area contributed by atoms with Crippen LogP contribution in [0.4, 0.5) is 0 Å². The van der Waals surface area contributed by atoms with Crippen LogP contribution in [0.5, 0.6) is 0 Å². The summed E-state index contributed by atoms with van der Waals surface area (Å²) in [5.41, 5.74) is 8.09. The summed E-state index contributed by atoms with van der Waals surface area (Å²) in [6.07, 6.45) is 3.32. The third-order valence-electron chi connectivity index (χ3n) is 2.98. The summed E-state index contributed by atoms with van der Waals surface area (Å²) in [6.45, 7) is 1.40. The molecule has 0 aliphatic heterocycles. The molecule has 0 radical (unpaired) electrons. The van der Waals surface area contributed by atoms with Crippen LogP contribution in [0.1, 0.15) is 17.3 Å². The second-order valence-corrected chi connectivity index (χ2v) is 4.29. The molecule has 0 amide bonds. The molecule has 0 fully saturated rings. The van der Waals surface area contributed by atoms with E-state index in [-0.39, 0.29) is 6.04 Å². The van der Waals surface area contributed by atoms with Crippen molar-refractivity contribution >= 4 is 0 Å². The standard InChI is InChI=1S/C14H18N4/c1-18(10-12-5-3-2-4-6-12)14(9-15)13-7-8-16-11-17-13/h2-8,11,14H,9-10,15H2,1H3. The minimum atomic E-state index is 0.119. The number of benzene rings is 1. The van der Waals surface area contributed by atoms with Crippen molar-refractivity contribution in [3.05, 3.63) is 60.2 Å². The van der Waals surface area contributed by atoms with E-state index in [1.807, 2.05) is 24.3 Å². The summed E-state index contributed by atoms with van der Waals surface area (Å²) in [6, 6.07) is 12.4. The number of nitrogens with two attached hydrogens (primary N) is 1. The van der Waals surface area contributed by atoms with Crippen LogP contribution in [-0.4, -0.2) is 28.5 Å². The number of hydrogen-bond donors (Lipinski definition) is 1. The molecule has 0 aliphatic carbocycles. The van der Waals surface area contributed by atoms with Crippen LogP contribution >= 0.6 is 0 Å². The molecule has 1 atom stereocenters. The Bertz CT molecular complexity index is 458. The molecule has 0 saturated carbocycles. The van der Waals surface area contributed by atoms with Gasteiger partial charge in [0.15, 0.2) is 0 Å². The zero-order chi connectivity index (χ0) is 12.8. The van der Waals surface area contributed by atoms with Crippen LogP contribution in [0.25, 0.3) is 0 Å². The maximum absolute atomic E-state index is 5.86. The molecule has 0 bridgehead atoms. The fraction of sp³-hybridized carbons (Fsp3) is 0.286. The highest BCUT2D eigenvalue weighted by atomic mass is 15.1. The van der Waals surface area contributed by atoms with Gasteiger partial charge in [0.05, 0.1) is 11.7 Å². The monoisotopic (exact) mass is 242 g/mol. The van der Waals surface area contributed by atoms with Gasteiger partial charge in [-0.25, -0.2) is 9.97 Å². The van der Waals surface area contributed by atoms with Crippen molar-refractivity contribution < 1.29 is 0 Å². The van der Waals surface area contributed by atoms with E-state index in [9.17, 15) is 0 Å². The Kier molecular flexibility index (Phi) is 4.39. The number of hydrogen-bond acceptors (Lipinski definition) is 4. The molecular weight excluding hydrogens is 224 g/mol. The quantitative estimate of drug-likeness (QED) is 0.865. The average molecular weight is 242 g/mol. The van der Waals surface area contributed by atoms with E-state index in [2.05, 4.69) is 34.0 Å². The van der Waals surface area contributed by atoms with Gasteiger partial charge in [-0.15, -0.1) is 0 Å². The second-order valence-electron chi connectivity index (χ2n) is 4.29. The predicted octanol–water partition coefficient (Wildman–Crippen LogP) is 1.61. The summed E-state index contributed by atoms with van der Waals surface area (Å²) in [5.74, 6) is 0. The molecular formula is C14H18N4. The van der Waals surface area contributed by atoms with Gasteiger partial charge < -0.3 is 5.73 Å². The Morgan fingerprint density at radius 2 is 2.00 bits per heavy atom. The van der Waals surface area contributed by atoms with Crippen LogP contribution in [0.2, 0.25) is 0 Å². The van der Waals surface area contributed by atoms with Crippen molar-refractivity contribution in [2.24, 2.45) is 5.73 Å². The first-order valence-electron chi connectivity index (χ1n) is 6.01. The van der Waals surface area contributed by atoms with Gasteiger partial charge in [-0.3, -0.25) is 4.90 Å². The van der Waals surface area contributed by atoms with Gasteiger partial charge in [-0.2, -0.15) is 0 Å². The van der Waals surface area contributed by atoms with Crippen molar-refractivity contribution in [1.82, 2.24) is 14.9 Å². The second kappa shape index (κ2) is 6.23. The molecule has 2 rings (SSSR count). The lowest BCUT2D eigenvalue weighted by atomic mass is 10.1. The first-order chi connectivity index (χ1) is 8.81. The SMILES string of the molecule is CN(Cc1ccccc1)C(CN)c1ccncn1. The lowest BCUT2D eigenvalue weighted by molar-refractivity contribution is 0.237. The molecule has 2 N–H and O–H groups in total. The van der Waals surface area contributed by atoms with Gasteiger partial charge in [0.2, 0.25) is 0 Å². The maximum atomic E-state index is 5.86. The third kappa shape index (κ3) is 3.12. The van der Waals surface area contributed by atoms with Gasteiger partial charge in [-0.05, 0) is 18.7 Å². The molecule has 0 saturated heterocycles. The van der Waals surface area contributed by atoms with Crippen molar-refractivity contribution in [1.29, 1.82) is 0 Å². The molecule has 0 spiro atoms. The molecule has 0 aliphatic rings. The van der Waals surface area contributed by atoms with Gasteiger partial charge in [0, 0.05) is 19.3 Å². The van der Waals surface area contributed by atoms with Crippen LogP contribution in [0, 0.1) is 0 Å². The van der Waals surface area contributed by atoms with Gasteiger partial charge >= 0.3 is 0 Å². The van der Waals surface area contributed by atoms with Crippen LogP contribution < -0.4 is 5.73 Å². The van der Waals surface area contributed by atoms with Crippen molar-refractivity contribution in [3.63, 3.8) is 0 Å². The van der Waals surface area contributed by atoms with E-state index >= 15 is 0 Å².